The summed E-state index contributed by atoms with van der Waals surface area (Å²) >= 11 is 0. The van der Waals surface area contributed by atoms with Crippen molar-refractivity contribution in [3.8, 4) is 56.4 Å². The molecule has 0 aliphatic heterocycles. The molecule has 2 aromatic heterocycles. The van der Waals surface area contributed by atoms with Crippen molar-refractivity contribution in [3.05, 3.63) is 164 Å². The molecule has 0 radical (unpaired) electrons. The third-order valence-corrected chi connectivity index (χ3v) is 8.71. The predicted molar refractivity (Wildman–Crippen MR) is 192 cm³/mol. The molecule has 9 rings (SSSR count). The smallest absolute Gasteiger partial charge is 0.164 e. The quantitative estimate of drug-likeness (QED) is 0.197. The van der Waals surface area contributed by atoms with Crippen LogP contribution < -0.4 is 0 Å². The second-order valence-corrected chi connectivity index (χ2v) is 11.7. The number of benzene rings is 7. The van der Waals surface area contributed by atoms with Gasteiger partial charge in [0.2, 0.25) is 0 Å². The number of fused-ring (bicyclic) bond motifs is 4. The summed E-state index contributed by atoms with van der Waals surface area (Å²) < 4.78 is 6.48. The van der Waals surface area contributed by atoms with Gasteiger partial charge >= 0.3 is 0 Å². The standard InChI is InChI=1S/C43H27N3O/c1-3-12-29(13-4-1)41-44-42(30-14-5-2-6-15-30)46-43(45-41)35-18-9-17-34(26-35)36-19-10-20-38-40(36)37-24-23-33(27-39(37)47-38)32-22-21-28-11-7-8-16-31(28)25-32/h1-27H. The zero-order valence-corrected chi connectivity index (χ0v) is 25.3. The highest BCUT2D eigenvalue weighted by Crippen LogP contribution is 2.39. The summed E-state index contributed by atoms with van der Waals surface area (Å²) in [4.78, 5) is 14.8. The average molecular weight is 602 g/mol. The lowest BCUT2D eigenvalue weighted by Gasteiger charge is -2.10. The van der Waals surface area contributed by atoms with Crippen molar-refractivity contribution in [3.63, 3.8) is 0 Å². The normalized spacial score (nSPS) is 11.4. The topological polar surface area (TPSA) is 51.8 Å². The lowest BCUT2D eigenvalue weighted by molar-refractivity contribution is 0.669. The maximum absolute atomic E-state index is 6.48. The van der Waals surface area contributed by atoms with Crippen molar-refractivity contribution >= 4 is 32.7 Å². The van der Waals surface area contributed by atoms with E-state index in [1.807, 2.05) is 66.7 Å². The number of furan rings is 1. The Morgan fingerprint density at radius 2 is 0.915 bits per heavy atom. The monoisotopic (exact) mass is 601 g/mol. The van der Waals surface area contributed by atoms with Crippen LogP contribution in [0, 0.1) is 0 Å². The molecule has 0 N–H and O–H groups in total. The van der Waals surface area contributed by atoms with Gasteiger partial charge in [0.1, 0.15) is 11.2 Å². The Bertz CT molecular complexity index is 2510. The molecule has 0 unspecified atom stereocenters. The Morgan fingerprint density at radius 1 is 0.340 bits per heavy atom. The summed E-state index contributed by atoms with van der Waals surface area (Å²) in [7, 11) is 0. The molecular formula is C43H27N3O. The van der Waals surface area contributed by atoms with Crippen LogP contribution in [-0.4, -0.2) is 15.0 Å². The largest absolute Gasteiger partial charge is 0.456 e. The first kappa shape index (κ1) is 27.0. The number of hydrogen-bond acceptors (Lipinski definition) is 4. The van der Waals surface area contributed by atoms with Crippen LogP contribution in [0.5, 0.6) is 0 Å². The molecule has 0 spiro atoms. The second-order valence-electron chi connectivity index (χ2n) is 11.7. The molecule has 2 heterocycles. The van der Waals surface area contributed by atoms with Gasteiger partial charge in [-0.1, -0.05) is 133 Å². The Morgan fingerprint density at radius 3 is 1.66 bits per heavy atom. The Balaban J connectivity index is 1.16. The third kappa shape index (κ3) is 4.93. The fourth-order valence-electron chi connectivity index (χ4n) is 6.38. The van der Waals surface area contributed by atoms with Gasteiger partial charge in [-0.05, 0) is 63.4 Å². The fourth-order valence-corrected chi connectivity index (χ4v) is 6.38. The third-order valence-electron chi connectivity index (χ3n) is 8.71. The molecule has 220 valence electrons. The van der Waals surface area contributed by atoms with E-state index in [2.05, 4.69) is 97.1 Å². The van der Waals surface area contributed by atoms with E-state index in [9.17, 15) is 0 Å². The van der Waals surface area contributed by atoms with Crippen LogP contribution in [0.3, 0.4) is 0 Å². The SMILES string of the molecule is c1ccc(-c2nc(-c3ccccc3)nc(-c3cccc(-c4cccc5oc6cc(-c7ccc8ccccc8c7)ccc6c45)c3)n2)cc1. The van der Waals surface area contributed by atoms with Gasteiger partial charge in [0.05, 0.1) is 0 Å². The molecule has 47 heavy (non-hydrogen) atoms. The van der Waals surface area contributed by atoms with Crippen LogP contribution in [0.15, 0.2) is 168 Å². The molecule has 0 fully saturated rings. The van der Waals surface area contributed by atoms with Crippen molar-refractivity contribution in [2.75, 3.05) is 0 Å². The maximum Gasteiger partial charge on any atom is 0.164 e. The van der Waals surface area contributed by atoms with E-state index >= 15 is 0 Å². The van der Waals surface area contributed by atoms with Gasteiger partial charge in [-0.2, -0.15) is 0 Å². The molecule has 4 nitrogen and oxygen atoms in total. The summed E-state index contributed by atoms with van der Waals surface area (Å²) in [5.74, 6) is 1.92. The first-order valence-electron chi connectivity index (χ1n) is 15.7. The molecule has 9 aromatic rings. The highest BCUT2D eigenvalue weighted by molar-refractivity contribution is 6.13. The van der Waals surface area contributed by atoms with E-state index in [-0.39, 0.29) is 0 Å². The van der Waals surface area contributed by atoms with E-state index in [1.165, 1.54) is 16.3 Å². The van der Waals surface area contributed by atoms with Gasteiger partial charge in [0.25, 0.3) is 0 Å². The van der Waals surface area contributed by atoms with Crippen molar-refractivity contribution in [2.45, 2.75) is 0 Å². The fraction of sp³-hybridized carbons (Fsp3) is 0. The van der Waals surface area contributed by atoms with Gasteiger partial charge in [0.15, 0.2) is 17.5 Å². The molecule has 0 aliphatic carbocycles. The molecule has 7 aromatic carbocycles. The van der Waals surface area contributed by atoms with Gasteiger partial charge < -0.3 is 4.42 Å². The average Bonchev–Trinajstić information content (AvgIpc) is 3.53. The minimum Gasteiger partial charge on any atom is -0.456 e. The van der Waals surface area contributed by atoms with Crippen molar-refractivity contribution in [1.29, 1.82) is 0 Å². The van der Waals surface area contributed by atoms with Crippen LogP contribution in [0.2, 0.25) is 0 Å². The van der Waals surface area contributed by atoms with Gasteiger partial charge in [-0.3, -0.25) is 0 Å². The summed E-state index contributed by atoms with van der Waals surface area (Å²) in [6.07, 6.45) is 0. The number of rotatable bonds is 5. The first-order chi connectivity index (χ1) is 23.3. The molecule has 0 saturated carbocycles. The van der Waals surface area contributed by atoms with Gasteiger partial charge in [-0.15, -0.1) is 0 Å². The number of hydrogen-bond donors (Lipinski definition) is 0. The Kier molecular flexibility index (Phi) is 6.43. The Labute approximate surface area is 271 Å². The maximum atomic E-state index is 6.48. The molecule has 0 amide bonds. The van der Waals surface area contributed by atoms with Crippen LogP contribution in [0.25, 0.3) is 89.1 Å². The van der Waals surface area contributed by atoms with E-state index in [1.54, 1.807) is 0 Å². The molecular weight excluding hydrogens is 574 g/mol. The number of nitrogens with zero attached hydrogens (tertiary/aromatic N) is 3. The lowest BCUT2D eigenvalue weighted by atomic mass is 9.96. The van der Waals surface area contributed by atoms with E-state index in [0.29, 0.717) is 17.5 Å². The highest BCUT2D eigenvalue weighted by Gasteiger charge is 2.16. The highest BCUT2D eigenvalue weighted by atomic mass is 16.3. The van der Waals surface area contributed by atoms with Crippen LogP contribution in [-0.2, 0) is 0 Å². The zero-order chi connectivity index (χ0) is 31.2. The molecule has 0 saturated heterocycles. The predicted octanol–water partition coefficient (Wildman–Crippen LogP) is 11.3. The van der Waals surface area contributed by atoms with Crippen molar-refractivity contribution in [2.24, 2.45) is 0 Å². The summed E-state index contributed by atoms with van der Waals surface area (Å²) in [6.45, 7) is 0. The lowest BCUT2D eigenvalue weighted by Crippen LogP contribution is -2.00. The summed E-state index contributed by atoms with van der Waals surface area (Å²) in [6, 6.07) is 56.4. The van der Waals surface area contributed by atoms with Crippen molar-refractivity contribution < 1.29 is 4.42 Å². The molecule has 0 bridgehead atoms. The second kappa shape index (κ2) is 11.2. The molecule has 0 atom stereocenters. The number of aromatic nitrogens is 3. The zero-order valence-electron chi connectivity index (χ0n) is 25.3. The van der Waals surface area contributed by atoms with E-state index in [4.69, 9.17) is 19.4 Å². The van der Waals surface area contributed by atoms with Crippen LogP contribution in [0.1, 0.15) is 0 Å². The van der Waals surface area contributed by atoms with Gasteiger partial charge in [0, 0.05) is 27.5 Å². The minimum atomic E-state index is 0.629. The molecule has 0 aliphatic rings. The van der Waals surface area contributed by atoms with E-state index in [0.717, 1.165) is 55.3 Å². The van der Waals surface area contributed by atoms with Crippen molar-refractivity contribution in [1.82, 2.24) is 15.0 Å². The minimum absolute atomic E-state index is 0.629. The molecule has 4 heteroatoms. The summed E-state index contributed by atoms with van der Waals surface area (Å²) in [5.41, 5.74) is 9.00. The Hall–Kier alpha value is -6.39. The van der Waals surface area contributed by atoms with E-state index < -0.39 is 0 Å². The van der Waals surface area contributed by atoms with Crippen LogP contribution in [0.4, 0.5) is 0 Å². The van der Waals surface area contributed by atoms with Crippen LogP contribution >= 0.6 is 0 Å². The summed E-state index contributed by atoms with van der Waals surface area (Å²) in [5, 5.41) is 4.64. The van der Waals surface area contributed by atoms with Gasteiger partial charge in [-0.25, -0.2) is 15.0 Å². The first-order valence-corrected chi connectivity index (χ1v) is 15.7.